The predicted molar refractivity (Wildman–Crippen MR) is 33.3 cm³/mol. The highest BCUT2D eigenvalue weighted by atomic mass is 35.5. The smallest absolute Gasteiger partial charge is 0.302 e. The van der Waals surface area contributed by atoms with Crippen LogP contribution in [-0.2, 0) is 14.3 Å². The molecule has 0 saturated carbocycles. The van der Waals surface area contributed by atoms with Crippen molar-refractivity contribution in [1.29, 1.82) is 0 Å². The number of carbonyl (C=O) groups is 1. The van der Waals surface area contributed by atoms with Crippen LogP contribution in [0, 0.1) is 0 Å². The first-order chi connectivity index (χ1) is 4.16. The van der Waals surface area contributed by atoms with Crippen LogP contribution in [0.5, 0.6) is 0 Å². The zero-order valence-electron chi connectivity index (χ0n) is 5.39. The standard InChI is InChI=1S/C5H9ClO3/c1-4(7)9-3-5(6)8-2/h5H,3H2,1-2H3. The minimum atomic E-state index is -0.533. The maximum absolute atomic E-state index is 10.1. The quantitative estimate of drug-likeness (QED) is 0.443. The summed E-state index contributed by atoms with van der Waals surface area (Å²) in [6.07, 6.45) is 0. The molecule has 0 bridgehead atoms. The molecule has 0 heterocycles. The van der Waals surface area contributed by atoms with E-state index >= 15 is 0 Å². The van der Waals surface area contributed by atoms with E-state index in [1.54, 1.807) is 0 Å². The molecule has 0 fully saturated rings. The van der Waals surface area contributed by atoms with Crippen LogP contribution in [0.1, 0.15) is 6.92 Å². The van der Waals surface area contributed by atoms with Crippen molar-refractivity contribution in [2.75, 3.05) is 13.7 Å². The first-order valence-electron chi connectivity index (χ1n) is 2.47. The van der Waals surface area contributed by atoms with Gasteiger partial charge in [-0.2, -0.15) is 0 Å². The molecule has 0 amide bonds. The number of ether oxygens (including phenoxy) is 2. The third kappa shape index (κ3) is 5.59. The molecule has 3 nitrogen and oxygen atoms in total. The van der Waals surface area contributed by atoms with Gasteiger partial charge in [0.15, 0.2) is 5.56 Å². The second-order valence-corrected chi connectivity index (χ2v) is 1.94. The average Bonchev–Trinajstić information content (AvgIpc) is 1.83. The molecule has 0 radical (unpaired) electrons. The van der Waals surface area contributed by atoms with E-state index in [9.17, 15) is 4.79 Å². The second-order valence-electron chi connectivity index (χ2n) is 1.45. The lowest BCUT2D eigenvalue weighted by molar-refractivity contribution is -0.142. The van der Waals surface area contributed by atoms with Crippen LogP contribution in [0.2, 0.25) is 0 Å². The van der Waals surface area contributed by atoms with Gasteiger partial charge in [0.1, 0.15) is 6.61 Å². The maximum Gasteiger partial charge on any atom is 0.302 e. The number of hydrogen-bond acceptors (Lipinski definition) is 3. The Kier molecular flexibility index (Phi) is 4.44. The van der Waals surface area contributed by atoms with Crippen LogP contribution in [-0.4, -0.2) is 25.2 Å². The van der Waals surface area contributed by atoms with Gasteiger partial charge in [-0.05, 0) is 0 Å². The van der Waals surface area contributed by atoms with Gasteiger partial charge >= 0.3 is 5.97 Å². The van der Waals surface area contributed by atoms with Crippen LogP contribution in [0.15, 0.2) is 0 Å². The number of esters is 1. The molecule has 0 aromatic heterocycles. The molecule has 0 saturated heterocycles. The maximum atomic E-state index is 10.1. The minimum absolute atomic E-state index is 0.105. The molecule has 0 aliphatic carbocycles. The van der Waals surface area contributed by atoms with Gasteiger partial charge in [-0.3, -0.25) is 4.79 Å². The molecule has 0 aliphatic heterocycles. The SMILES string of the molecule is COC(Cl)COC(C)=O. The number of halogens is 1. The highest BCUT2D eigenvalue weighted by Gasteiger charge is 2.02. The average molecular weight is 153 g/mol. The van der Waals surface area contributed by atoms with Gasteiger partial charge in [-0.1, -0.05) is 11.6 Å². The fourth-order valence-corrected chi connectivity index (χ4v) is 0.314. The van der Waals surface area contributed by atoms with E-state index in [2.05, 4.69) is 9.47 Å². The first kappa shape index (κ1) is 8.72. The summed E-state index contributed by atoms with van der Waals surface area (Å²) in [5.74, 6) is -0.349. The fourth-order valence-electron chi connectivity index (χ4n) is 0.251. The van der Waals surface area contributed by atoms with Crippen LogP contribution in [0.3, 0.4) is 0 Å². The summed E-state index contributed by atoms with van der Waals surface area (Å²) in [6.45, 7) is 1.42. The summed E-state index contributed by atoms with van der Waals surface area (Å²) in [4.78, 5) is 10.1. The van der Waals surface area contributed by atoms with Crippen molar-refractivity contribution in [3.63, 3.8) is 0 Å². The van der Waals surface area contributed by atoms with Crippen molar-refractivity contribution in [3.05, 3.63) is 0 Å². The Morgan fingerprint density at radius 3 is 2.67 bits per heavy atom. The molecule has 0 aliphatic rings. The van der Waals surface area contributed by atoms with E-state index in [0.717, 1.165) is 0 Å². The number of hydrogen-bond donors (Lipinski definition) is 0. The summed E-state index contributed by atoms with van der Waals surface area (Å²) < 4.78 is 9.09. The molecule has 4 heteroatoms. The van der Waals surface area contributed by atoms with Crippen LogP contribution >= 0.6 is 11.6 Å². The molecule has 9 heavy (non-hydrogen) atoms. The van der Waals surface area contributed by atoms with Crippen LogP contribution < -0.4 is 0 Å². The van der Waals surface area contributed by atoms with Crippen LogP contribution in [0.25, 0.3) is 0 Å². The van der Waals surface area contributed by atoms with E-state index < -0.39 is 5.56 Å². The topological polar surface area (TPSA) is 35.5 Å². The number of alkyl halides is 1. The van der Waals surface area contributed by atoms with Crippen molar-refractivity contribution in [1.82, 2.24) is 0 Å². The van der Waals surface area contributed by atoms with Crippen molar-refractivity contribution < 1.29 is 14.3 Å². The van der Waals surface area contributed by atoms with Gasteiger partial charge in [0.2, 0.25) is 0 Å². The zero-order valence-corrected chi connectivity index (χ0v) is 6.14. The lowest BCUT2D eigenvalue weighted by Gasteiger charge is -2.05. The van der Waals surface area contributed by atoms with Crippen molar-refractivity contribution in [2.45, 2.75) is 12.5 Å². The number of methoxy groups -OCH3 is 1. The number of carbonyl (C=O) groups excluding carboxylic acids is 1. The zero-order chi connectivity index (χ0) is 7.28. The Bertz CT molecular complexity index is 94.2. The summed E-state index contributed by atoms with van der Waals surface area (Å²) in [7, 11) is 1.45. The largest absolute Gasteiger partial charge is 0.462 e. The van der Waals surface area contributed by atoms with E-state index in [1.165, 1.54) is 14.0 Å². The molecule has 0 spiro atoms. The molecule has 0 aromatic carbocycles. The predicted octanol–water partition coefficient (Wildman–Crippen LogP) is 0.761. The van der Waals surface area contributed by atoms with E-state index in [0.29, 0.717) is 0 Å². The number of rotatable bonds is 3. The summed E-state index contributed by atoms with van der Waals surface area (Å²) in [6, 6.07) is 0. The fraction of sp³-hybridized carbons (Fsp3) is 0.800. The highest BCUT2D eigenvalue weighted by molar-refractivity contribution is 6.19. The van der Waals surface area contributed by atoms with Gasteiger partial charge in [-0.25, -0.2) is 0 Å². The van der Waals surface area contributed by atoms with Gasteiger partial charge in [0.05, 0.1) is 0 Å². The Morgan fingerprint density at radius 1 is 1.78 bits per heavy atom. The molecular weight excluding hydrogens is 144 g/mol. The summed E-state index contributed by atoms with van der Waals surface area (Å²) in [5, 5.41) is 0. The lowest BCUT2D eigenvalue weighted by Crippen LogP contribution is -2.13. The monoisotopic (exact) mass is 152 g/mol. The van der Waals surface area contributed by atoms with Crippen molar-refractivity contribution in [2.24, 2.45) is 0 Å². The summed E-state index contributed by atoms with van der Waals surface area (Å²) >= 11 is 5.41. The third-order valence-electron chi connectivity index (χ3n) is 0.673. The third-order valence-corrected chi connectivity index (χ3v) is 0.978. The van der Waals surface area contributed by atoms with E-state index in [1.807, 2.05) is 0 Å². The van der Waals surface area contributed by atoms with Crippen LogP contribution in [0.4, 0.5) is 0 Å². The van der Waals surface area contributed by atoms with E-state index in [4.69, 9.17) is 11.6 Å². The van der Waals surface area contributed by atoms with Crippen molar-refractivity contribution >= 4 is 17.6 Å². The molecule has 0 rings (SSSR count). The first-order valence-corrected chi connectivity index (χ1v) is 2.90. The molecule has 0 aromatic rings. The Morgan fingerprint density at radius 2 is 2.33 bits per heavy atom. The van der Waals surface area contributed by atoms with Gasteiger partial charge in [0, 0.05) is 14.0 Å². The van der Waals surface area contributed by atoms with Gasteiger partial charge in [0.25, 0.3) is 0 Å². The molecule has 1 unspecified atom stereocenters. The van der Waals surface area contributed by atoms with Gasteiger partial charge < -0.3 is 9.47 Å². The molecular formula is C5H9ClO3. The molecule has 1 atom stereocenters. The second kappa shape index (κ2) is 4.58. The minimum Gasteiger partial charge on any atom is -0.462 e. The molecule has 54 valence electrons. The Hall–Kier alpha value is -0.280. The van der Waals surface area contributed by atoms with Gasteiger partial charge in [-0.15, -0.1) is 0 Å². The normalized spacial score (nSPS) is 12.8. The van der Waals surface area contributed by atoms with Crippen molar-refractivity contribution in [3.8, 4) is 0 Å². The van der Waals surface area contributed by atoms with E-state index in [-0.39, 0.29) is 12.6 Å². The highest BCUT2D eigenvalue weighted by Crippen LogP contribution is 1.95. The Balaban J connectivity index is 3.16. The summed E-state index contributed by atoms with van der Waals surface area (Å²) in [5.41, 5.74) is -0.533. The lowest BCUT2D eigenvalue weighted by atomic mass is 10.7. The Labute approximate surface area is 58.9 Å². The molecule has 0 N–H and O–H groups in total.